The van der Waals surface area contributed by atoms with Crippen molar-refractivity contribution in [2.75, 3.05) is 10.0 Å². The zero-order chi connectivity index (χ0) is 20.9. The summed E-state index contributed by atoms with van der Waals surface area (Å²) < 4.78 is 28.2. The molecule has 0 fully saturated rings. The van der Waals surface area contributed by atoms with E-state index >= 15 is 0 Å². The fraction of sp³-hybridized carbons (Fsp3) is 0.250. The summed E-state index contributed by atoms with van der Waals surface area (Å²) in [5, 5.41) is 10.4. The Morgan fingerprint density at radius 3 is 2.55 bits per heavy atom. The Morgan fingerprint density at radius 2 is 1.90 bits per heavy atom. The van der Waals surface area contributed by atoms with Crippen molar-refractivity contribution in [1.82, 2.24) is 10.2 Å². The van der Waals surface area contributed by atoms with Crippen molar-refractivity contribution in [3.05, 3.63) is 64.7 Å². The van der Waals surface area contributed by atoms with E-state index in [2.05, 4.69) is 27.2 Å². The Hall–Kier alpha value is -2.78. The van der Waals surface area contributed by atoms with E-state index in [-0.39, 0.29) is 10.5 Å². The maximum Gasteiger partial charge on any atom is 0.261 e. The third kappa shape index (κ3) is 5.39. The largest absolute Gasteiger partial charge is 0.296 e. The Labute approximate surface area is 174 Å². The van der Waals surface area contributed by atoms with Crippen LogP contribution >= 0.6 is 11.3 Å². The number of amides is 1. The van der Waals surface area contributed by atoms with Crippen LogP contribution in [0.1, 0.15) is 41.3 Å². The van der Waals surface area contributed by atoms with Crippen LogP contribution in [0.5, 0.6) is 0 Å². The van der Waals surface area contributed by atoms with Crippen LogP contribution in [0.2, 0.25) is 0 Å². The zero-order valence-electron chi connectivity index (χ0n) is 16.2. The molecule has 9 heteroatoms. The number of hydrogen-bond acceptors (Lipinski definition) is 6. The second-order valence-electron chi connectivity index (χ2n) is 6.58. The molecule has 0 aliphatic heterocycles. The van der Waals surface area contributed by atoms with Gasteiger partial charge in [-0.15, -0.1) is 10.2 Å². The first kappa shape index (κ1) is 20.9. The Morgan fingerprint density at radius 1 is 1.14 bits per heavy atom. The normalized spacial score (nSPS) is 11.2. The highest BCUT2D eigenvalue weighted by Crippen LogP contribution is 2.21. The summed E-state index contributed by atoms with van der Waals surface area (Å²) in [5.41, 5.74) is 4.07. The van der Waals surface area contributed by atoms with E-state index in [9.17, 15) is 13.2 Å². The van der Waals surface area contributed by atoms with Gasteiger partial charge >= 0.3 is 0 Å². The van der Waals surface area contributed by atoms with Crippen LogP contribution in [-0.4, -0.2) is 24.5 Å². The first-order chi connectivity index (χ1) is 13.9. The zero-order valence-corrected chi connectivity index (χ0v) is 17.8. The first-order valence-electron chi connectivity index (χ1n) is 9.19. The van der Waals surface area contributed by atoms with E-state index in [0.29, 0.717) is 16.4 Å². The predicted molar refractivity (Wildman–Crippen MR) is 115 cm³/mol. The minimum Gasteiger partial charge on any atom is -0.296 e. The average Bonchev–Trinajstić information content (AvgIpc) is 3.20. The SMILES string of the molecule is CCCCc1ccc(NS(=O)(=O)c2ccc(C)c(C(=O)Nc3nncs3)c2)cc1. The van der Waals surface area contributed by atoms with E-state index < -0.39 is 15.9 Å². The van der Waals surface area contributed by atoms with Crippen molar-refractivity contribution >= 4 is 38.1 Å². The van der Waals surface area contributed by atoms with Gasteiger partial charge in [-0.25, -0.2) is 8.42 Å². The van der Waals surface area contributed by atoms with Crippen molar-refractivity contribution in [1.29, 1.82) is 0 Å². The van der Waals surface area contributed by atoms with Gasteiger partial charge in [-0.2, -0.15) is 0 Å². The third-order valence-electron chi connectivity index (χ3n) is 4.37. The molecule has 1 aromatic heterocycles. The molecule has 3 aromatic rings. The summed E-state index contributed by atoms with van der Waals surface area (Å²) in [6, 6.07) is 11.8. The molecule has 0 bridgehead atoms. The second kappa shape index (κ2) is 9.15. The summed E-state index contributed by atoms with van der Waals surface area (Å²) in [5.74, 6) is -0.434. The highest BCUT2D eigenvalue weighted by atomic mass is 32.2. The van der Waals surface area contributed by atoms with Crippen molar-refractivity contribution in [3.63, 3.8) is 0 Å². The Kier molecular flexibility index (Phi) is 6.60. The number of unbranched alkanes of at least 4 members (excludes halogenated alkanes) is 1. The van der Waals surface area contributed by atoms with Crippen molar-refractivity contribution in [2.24, 2.45) is 0 Å². The van der Waals surface area contributed by atoms with Crippen LogP contribution in [-0.2, 0) is 16.4 Å². The quantitative estimate of drug-likeness (QED) is 0.557. The van der Waals surface area contributed by atoms with Crippen molar-refractivity contribution < 1.29 is 13.2 Å². The molecule has 2 aromatic carbocycles. The number of rotatable bonds is 8. The molecule has 0 spiro atoms. The number of nitrogens with zero attached hydrogens (tertiary/aromatic N) is 2. The molecule has 1 heterocycles. The topological polar surface area (TPSA) is 101 Å². The number of aromatic nitrogens is 2. The van der Waals surface area contributed by atoms with Gasteiger partial charge in [0, 0.05) is 11.3 Å². The van der Waals surface area contributed by atoms with E-state index in [1.807, 2.05) is 12.1 Å². The van der Waals surface area contributed by atoms with Crippen LogP contribution in [0, 0.1) is 6.92 Å². The lowest BCUT2D eigenvalue weighted by molar-refractivity contribution is 0.102. The van der Waals surface area contributed by atoms with Crippen LogP contribution in [0.3, 0.4) is 0 Å². The van der Waals surface area contributed by atoms with Gasteiger partial charge in [0.2, 0.25) is 5.13 Å². The van der Waals surface area contributed by atoms with Crippen LogP contribution in [0.4, 0.5) is 10.8 Å². The summed E-state index contributed by atoms with van der Waals surface area (Å²) in [7, 11) is -3.83. The van der Waals surface area contributed by atoms with E-state index in [4.69, 9.17) is 0 Å². The van der Waals surface area contributed by atoms with Gasteiger partial charge < -0.3 is 0 Å². The number of nitrogens with one attached hydrogen (secondary N) is 2. The lowest BCUT2D eigenvalue weighted by Crippen LogP contribution is -2.17. The van der Waals surface area contributed by atoms with Gasteiger partial charge in [0.05, 0.1) is 4.90 Å². The molecule has 1 amide bonds. The molecule has 0 aliphatic rings. The minimum absolute atomic E-state index is 0.0144. The van der Waals surface area contributed by atoms with Gasteiger partial charge in [0.1, 0.15) is 5.51 Å². The van der Waals surface area contributed by atoms with Gasteiger partial charge in [-0.1, -0.05) is 42.9 Å². The molecular formula is C20H22N4O3S2. The van der Waals surface area contributed by atoms with Crippen LogP contribution in [0.25, 0.3) is 0 Å². The van der Waals surface area contributed by atoms with Crippen molar-refractivity contribution in [3.8, 4) is 0 Å². The number of aryl methyl sites for hydroxylation is 2. The summed E-state index contributed by atoms with van der Waals surface area (Å²) in [6.07, 6.45) is 3.17. The van der Waals surface area contributed by atoms with Gasteiger partial charge in [-0.05, 0) is 55.2 Å². The highest BCUT2D eigenvalue weighted by molar-refractivity contribution is 7.92. The lowest BCUT2D eigenvalue weighted by atomic mass is 10.1. The molecule has 0 atom stereocenters. The van der Waals surface area contributed by atoms with Gasteiger partial charge in [0.25, 0.3) is 15.9 Å². The number of sulfonamides is 1. The molecule has 29 heavy (non-hydrogen) atoms. The standard InChI is InChI=1S/C20H22N4O3S2/c1-3-4-5-15-7-9-16(10-8-15)24-29(26,27)17-11-6-14(2)18(12-17)19(25)22-20-23-21-13-28-20/h6-13,24H,3-5H2,1-2H3,(H,22,23,25). The molecule has 0 saturated carbocycles. The average molecular weight is 431 g/mol. The number of hydrogen-bond donors (Lipinski definition) is 2. The van der Waals surface area contributed by atoms with Gasteiger partial charge in [-0.3, -0.25) is 14.8 Å². The summed E-state index contributed by atoms with van der Waals surface area (Å²) in [6.45, 7) is 3.88. The van der Waals surface area contributed by atoms with Gasteiger partial charge in [0.15, 0.2) is 0 Å². The monoisotopic (exact) mass is 430 g/mol. The molecular weight excluding hydrogens is 408 g/mol. The van der Waals surface area contributed by atoms with Crippen molar-refractivity contribution in [2.45, 2.75) is 38.0 Å². The number of anilines is 2. The molecule has 152 valence electrons. The number of benzene rings is 2. The molecule has 0 radical (unpaired) electrons. The highest BCUT2D eigenvalue weighted by Gasteiger charge is 2.19. The Bertz CT molecular complexity index is 1080. The van der Waals surface area contributed by atoms with Crippen LogP contribution in [0.15, 0.2) is 52.9 Å². The molecule has 7 nitrogen and oxygen atoms in total. The number of carbonyl (C=O) groups is 1. The summed E-state index contributed by atoms with van der Waals surface area (Å²) in [4.78, 5) is 12.5. The smallest absolute Gasteiger partial charge is 0.261 e. The molecule has 0 saturated heterocycles. The van der Waals surface area contributed by atoms with Crippen LogP contribution < -0.4 is 10.0 Å². The summed E-state index contributed by atoms with van der Waals surface area (Å²) >= 11 is 1.18. The molecule has 0 aliphatic carbocycles. The predicted octanol–water partition coefficient (Wildman–Crippen LogP) is 4.24. The molecule has 2 N–H and O–H groups in total. The molecule has 3 rings (SSSR count). The fourth-order valence-corrected chi connectivity index (χ4v) is 4.26. The second-order valence-corrected chi connectivity index (χ2v) is 9.10. The number of carbonyl (C=O) groups excluding carboxylic acids is 1. The minimum atomic E-state index is -3.83. The fourth-order valence-electron chi connectivity index (χ4n) is 2.74. The van der Waals surface area contributed by atoms with E-state index in [1.165, 1.54) is 34.5 Å². The third-order valence-corrected chi connectivity index (χ3v) is 6.36. The first-order valence-corrected chi connectivity index (χ1v) is 11.6. The maximum atomic E-state index is 12.8. The Balaban J connectivity index is 1.79. The lowest BCUT2D eigenvalue weighted by Gasteiger charge is -2.11. The van der Waals surface area contributed by atoms with E-state index in [1.54, 1.807) is 25.1 Å². The maximum absolute atomic E-state index is 12.8. The molecule has 0 unspecified atom stereocenters. The van der Waals surface area contributed by atoms with E-state index in [0.717, 1.165) is 19.3 Å².